The summed E-state index contributed by atoms with van der Waals surface area (Å²) in [7, 11) is 0. The normalized spacial score (nSPS) is 15.6. The summed E-state index contributed by atoms with van der Waals surface area (Å²) in [5.41, 5.74) is 3.93. The highest BCUT2D eigenvalue weighted by molar-refractivity contribution is 5.84. The minimum absolute atomic E-state index is 0.573. The largest absolute Gasteiger partial charge is 0.459 e. The third-order valence-corrected chi connectivity index (χ3v) is 4.02. The summed E-state index contributed by atoms with van der Waals surface area (Å²) in [6.45, 7) is 8.47. The van der Waals surface area contributed by atoms with E-state index in [1.54, 1.807) is 0 Å². The third kappa shape index (κ3) is 2.42. The van der Waals surface area contributed by atoms with Crippen LogP contribution in [0.4, 0.5) is 0 Å². The Kier molecular flexibility index (Phi) is 3.36. The van der Waals surface area contributed by atoms with Gasteiger partial charge in [-0.1, -0.05) is 26.8 Å². The second kappa shape index (κ2) is 5.01. The Hall–Kier alpha value is -1.28. The van der Waals surface area contributed by atoms with Gasteiger partial charge in [0, 0.05) is 10.9 Å². The van der Waals surface area contributed by atoms with Gasteiger partial charge in [-0.3, -0.25) is 0 Å². The molecular formula is C17H23NO. The van der Waals surface area contributed by atoms with Gasteiger partial charge in [0.15, 0.2) is 0 Å². The van der Waals surface area contributed by atoms with Crippen LogP contribution in [-0.4, -0.2) is 6.54 Å². The smallest absolute Gasteiger partial charge is 0.134 e. The number of hydrogen-bond donors (Lipinski definition) is 1. The lowest BCUT2D eigenvalue weighted by Crippen LogP contribution is -2.12. The molecule has 0 bridgehead atoms. The van der Waals surface area contributed by atoms with Crippen LogP contribution < -0.4 is 5.32 Å². The molecule has 2 heteroatoms. The van der Waals surface area contributed by atoms with Crippen LogP contribution in [0.15, 0.2) is 22.6 Å². The maximum Gasteiger partial charge on any atom is 0.134 e. The first-order chi connectivity index (χ1) is 9.20. The van der Waals surface area contributed by atoms with Gasteiger partial charge in [0.25, 0.3) is 0 Å². The first kappa shape index (κ1) is 12.7. The Morgan fingerprint density at radius 1 is 1.32 bits per heavy atom. The van der Waals surface area contributed by atoms with E-state index >= 15 is 0 Å². The van der Waals surface area contributed by atoms with Crippen LogP contribution in [0, 0.1) is 0 Å². The quantitative estimate of drug-likeness (QED) is 0.850. The molecule has 1 aliphatic carbocycles. The fourth-order valence-corrected chi connectivity index (χ4v) is 2.73. The van der Waals surface area contributed by atoms with E-state index in [0.717, 1.165) is 30.4 Å². The van der Waals surface area contributed by atoms with Crippen LogP contribution in [0.2, 0.25) is 0 Å². The standard InChI is InChI=1S/C17H23NO/c1-4-18-10-16-17(12-5-6-12)14-9-13(11(2)3)7-8-15(14)19-16/h7-9,11-12,18H,4-6,10H2,1-3H3. The fraction of sp³-hybridized carbons (Fsp3) is 0.529. The molecule has 0 aliphatic heterocycles. The lowest BCUT2D eigenvalue weighted by Gasteiger charge is -2.05. The van der Waals surface area contributed by atoms with Gasteiger partial charge in [0.2, 0.25) is 0 Å². The van der Waals surface area contributed by atoms with Gasteiger partial charge in [-0.25, -0.2) is 0 Å². The molecular weight excluding hydrogens is 234 g/mol. The Balaban J connectivity index is 2.08. The summed E-state index contributed by atoms with van der Waals surface area (Å²) in [6, 6.07) is 6.68. The van der Waals surface area contributed by atoms with Gasteiger partial charge in [0.1, 0.15) is 11.3 Å². The van der Waals surface area contributed by atoms with Gasteiger partial charge in [0.05, 0.1) is 6.54 Å². The Morgan fingerprint density at radius 3 is 2.74 bits per heavy atom. The topological polar surface area (TPSA) is 25.2 Å². The van der Waals surface area contributed by atoms with Gasteiger partial charge in [-0.15, -0.1) is 0 Å². The van der Waals surface area contributed by atoms with Gasteiger partial charge < -0.3 is 9.73 Å². The molecule has 1 N–H and O–H groups in total. The second-order valence-corrected chi connectivity index (χ2v) is 5.90. The van der Waals surface area contributed by atoms with Crippen molar-refractivity contribution in [3.63, 3.8) is 0 Å². The molecule has 0 spiro atoms. The molecule has 2 nitrogen and oxygen atoms in total. The summed E-state index contributed by atoms with van der Waals surface area (Å²) in [4.78, 5) is 0. The monoisotopic (exact) mass is 257 g/mol. The van der Waals surface area contributed by atoms with E-state index in [0.29, 0.717) is 5.92 Å². The second-order valence-electron chi connectivity index (χ2n) is 5.90. The molecule has 0 amide bonds. The Bertz CT molecular complexity index is 578. The minimum Gasteiger partial charge on any atom is -0.459 e. The van der Waals surface area contributed by atoms with Crippen molar-refractivity contribution >= 4 is 11.0 Å². The van der Waals surface area contributed by atoms with E-state index in [2.05, 4.69) is 44.3 Å². The molecule has 19 heavy (non-hydrogen) atoms. The fourth-order valence-electron chi connectivity index (χ4n) is 2.73. The highest BCUT2D eigenvalue weighted by Crippen LogP contribution is 2.46. The number of hydrogen-bond acceptors (Lipinski definition) is 2. The highest BCUT2D eigenvalue weighted by atomic mass is 16.3. The maximum atomic E-state index is 6.07. The van der Waals surface area contributed by atoms with Crippen molar-refractivity contribution in [2.75, 3.05) is 6.54 Å². The predicted molar refractivity (Wildman–Crippen MR) is 79.7 cm³/mol. The molecule has 1 saturated carbocycles. The Morgan fingerprint density at radius 2 is 2.11 bits per heavy atom. The molecule has 2 aromatic rings. The number of fused-ring (bicyclic) bond motifs is 1. The van der Waals surface area contributed by atoms with Crippen molar-refractivity contribution in [3.05, 3.63) is 35.1 Å². The average Bonchev–Trinajstić information content (AvgIpc) is 3.16. The van der Waals surface area contributed by atoms with Crippen LogP contribution in [-0.2, 0) is 6.54 Å². The van der Waals surface area contributed by atoms with Gasteiger partial charge >= 0.3 is 0 Å². The first-order valence-electron chi connectivity index (χ1n) is 7.46. The molecule has 1 fully saturated rings. The number of furan rings is 1. The summed E-state index contributed by atoms with van der Waals surface area (Å²) in [5, 5.41) is 4.74. The minimum atomic E-state index is 0.573. The van der Waals surface area contributed by atoms with Crippen LogP contribution >= 0.6 is 0 Å². The molecule has 1 aliphatic rings. The maximum absolute atomic E-state index is 6.07. The molecule has 0 atom stereocenters. The lowest BCUT2D eigenvalue weighted by molar-refractivity contribution is 0.513. The summed E-state index contributed by atoms with van der Waals surface area (Å²) < 4.78 is 6.07. The molecule has 1 heterocycles. The summed E-state index contributed by atoms with van der Waals surface area (Å²) >= 11 is 0. The van der Waals surface area contributed by atoms with Crippen LogP contribution in [0.1, 0.15) is 62.3 Å². The van der Waals surface area contributed by atoms with E-state index < -0.39 is 0 Å². The zero-order valence-corrected chi connectivity index (χ0v) is 12.1. The molecule has 102 valence electrons. The summed E-state index contributed by atoms with van der Waals surface area (Å²) in [5.74, 6) is 2.46. The zero-order valence-electron chi connectivity index (χ0n) is 12.1. The molecule has 1 aromatic carbocycles. The van der Waals surface area contributed by atoms with E-state index in [1.807, 2.05) is 0 Å². The highest BCUT2D eigenvalue weighted by Gasteiger charge is 2.30. The lowest BCUT2D eigenvalue weighted by atomic mass is 9.98. The molecule has 0 radical (unpaired) electrons. The van der Waals surface area contributed by atoms with Crippen molar-refractivity contribution in [1.29, 1.82) is 0 Å². The molecule has 0 unspecified atom stereocenters. The van der Waals surface area contributed by atoms with Crippen molar-refractivity contribution in [1.82, 2.24) is 5.32 Å². The summed E-state index contributed by atoms with van der Waals surface area (Å²) in [6.07, 6.45) is 2.64. The molecule has 0 saturated heterocycles. The van der Waals surface area contributed by atoms with Crippen molar-refractivity contribution < 1.29 is 4.42 Å². The van der Waals surface area contributed by atoms with E-state index in [9.17, 15) is 0 Å². The van der Waals surface area contributed by atoms with Gasteiger partial charge in [-0.2, -0.15) is 0 Å². The van der Waals surface area contributed by atoms with Crippen molar-refractivity contribution in [2.24, 2.45) is 0 Å². The third-order valence-electron chi connectivity index (χ3n) is 4.02. The van der Waals surface area contributed by atoms with Crippen LogP contribution in [0.5, 0.6) is 0 Å². The van der Waals surface area contributed by atoms with E-state index in [-0.39, 0.29) is 0 Å². The predicted octanol–water partition coefficient (Wildman–Crippen LogP) is 4.54. The number of rotatable bonds is 5. The van der Waals surface area contributed by atoms with Gasteiger partial charge in [-0.05, 0) is 48.9 Å². The number of nitrogens with one attached hydrogen (secondary N) is 1. The van der Waals surface area contributed by atoms with Crippen molar-refractivity contribution in [2.45, 2.75) is 52.0 Å². The molecule has 1 aromatic heterocycles. The zero-order chi connectivity index (χ0) is 13.4. The van der Waals surface area contributed by atoms with Crippen LogP contribution in [0.3, 0.4) is 0 Å². The SMILES string of the molecule is CCNCc1oc2ccc(C(C)C)cc2c1C1CC1. The Labute approximate surface area is 115 Å². The van der Waals surface area contributed by atoms with Crippen molar-refractivity contribution in [3.8, 4) is 0 Å². The van der Waals surface area contributed by atoms with Crippen LogP contribution in [0.25, 0.3) is 11.0 Å². The van der Waals surface area contributed by atoms with E-state index in [1.165, 1.54) is 29.4 Å². The number of benzene rings is 1. The van der Waals surface area contributed by atoms with E-state index in [4.69, 9.17) is 4.42 Å². The molecule has 3 rings (SSSR count). The average molecular weight is 257 g/mol. The first-order valence-corrected chi connectivity index (χ1v) is 7.46.